The Bertz CT molecular complexity index is 733. The molecular formula is C21H25FN2O2. The molecule has 1 atom stereocenters. The van der Waals surface area contributed by atoms with Crippen LogP contribution in [0.15, 0.2) is 48.5 Å². The van der Waals surface area contributed by atoms with Gasteiger partial charge in [0.2, 0.25) is 5.91 Å². The molecule has 0 unspecified atom stereocenters. The summed E-state index contributed by atoms with van der Waals surface area (Å²) in [5.41, 5.74) is 2.00. The third-order valence-corrected chi connectivity index (χ3v) is 4.75. The van der Waals surface area contributed by atoms with Crippen molar-refractivity contribution in [2.45, 2.75) is 31.7 Å². The lowest BCUT2D eigenvalue weighted by atomic mass is 10.0. The molecule has 0 aliphatic carbocycles. The van der Waals surface area contributed by atoms with Gasteiger partial charge in [-0.05, 0) is 61.2 Å². The van der Waals surface area contributed by atoms with Crippen molar-refractivity contribution in [2.75, 3.05) is 25.5 Å². The van der Waals surface area contributed by atoms with E-state index in [-0.39, 0.29) is 17.8 Å². The molecule has 4 nitrogen and oxygen atoms in total. The smallest absolute Gasteiger partial charge is 0.222 e. The van der Waals surface area contributed by atoms with Crippen LogP contribution in [0.2, 0.25) is 0 Å². The molecule has 2 aromatic carbocycles. The molecule has 1 N–H and O–H groups in total. The van der Waals surface area contributed by atoms with Crippen LogP contribution in [0.5, 0.6) is 5.75 Å². The van der Waals surface area contributed by atoms with Crippen molar-refractivity contribution in [1.29, 1.82) is 0 Å². The average molecular weight is 356 g/mol. The van der Waals surface area contributed by atoms with E-state index in [1.807, 2.05) is 29.2 Å². The summed E-state index contributed by atoms with van der Waals surface area (Å²) in [5.74, 6) is 0.753. The van der Waals surface area contributed by atoms with E-state index in [4.69, 9.17) is 4.74 Å². The Hall–Kier alpha value is -2.56. The molecule has 1 aliphatic rings. The van der Waals surface area contributed by atoms with Crippen LogP contribution in [0, 0.1) is 5.82 Å². The van der Waals surface area contributed by atoms with Crippen molar-refractivity contribution in [3.63, 3.8) is 0 Å². The summed E-state index contributed by atoms with van der Waals surface area (Å²) in [4.78, 5) is 14.5. The van der Waals surface area contributed by atoms with E-state index in [2.05, 4.69) is 5.32 Å². The maximum atomic E-state index is 13.0. The molecule has 0 bridgehead atoms. The molecule has 0 radical (unpaired) electrons. The second-order valence-electron chi connectivity index (χ2n) is 6.68. The van der Waals surface area contributed by atoms with Gasteiger partial charge in [-0.25, -0.2) is 4.39 Å². The summed E-state index contributed by atoms with van der Waals surface area (Å²) in [6.07, 6.45) is 3.19. The van der Waals surface area contributed by atoms with Crippen molar-refractivity contribution in [3.8, 4) is 5.75 Å². The van der Waals surface area contributed by atoms with Crippen LogP contribution in [0.25, 0.3) is 0 Å². The molecule has 1 amide bonds. The average Bonchev–Trinajstić information content (AvgIpc) is 2.68. The predicted octanol–water partition coefficient (Wildman–Crippen LogP) is 3.87. The quantitative estimate of drug-likeness (QED) is 0.854. The Labute approximate surface area is 154 Å². The first-order valence-electron chi connectivity index (χ1n) is 9.07. The molecule has 0 aromatic heterocycles. The Morgan fingerprint density at radius 3 is 2.85 bits per heavy atom. The van der Waals surface area contributed by atoms with Gasteiger partial charge >= 0.3 is 0 Å². The molecule has 0 spiro atoms. The van der Waals surface area contributed by atoms with Crippen molar-refractivity contribution < 1.29 is 13.9 Å². The lowest BCUT2D eigenvalue weighted by molar-refractivity contribution is -0.132. The largest absolute Gasteiger partial charge is 0.497 e. The Balaban J connectivity index is 1.51. The molecule has 2 aromatic rings. The Morgan fingerprint density at radius 2 is 2.08 bits per heavy atom. The summed E-state index contributed by atoms with van der Waals surface area (Å²) in [6.45, 7) is 1.49. The molecule has 1 saturated heterocycles. The molecule has 26 heavy (non-hydrogen) atoms. The van der Waals surface area contributed by atoms with Gasteiger partial charge in [0.05, 0.1) is 7.11 Å². The maximum Gasteiger partial charge on any atom is 0.222 e. The van der Waals surface area contributed by atoms with Gasteiger partial charge in [0.1, 0.15) is 11.6 Å². The van der Waals surface area contributed by atoms with Gasteiger partial charge in [-0.3, -0.25) is 4.79 Å². The number of aryl methyl sites for hydroxylation is 1. The number of halogens is 1. The van der Waals surface area contributed by atoms with E-state index in [1.54, 1.807) is 19.2 Å². The van der Waals surface area contributed by atoms with Crippen LogP contribution < -0.4 is 10.1 Å². The highest BCUT2D eigenvalue weighted by atomic mass is 19.1. The number of piperidine rings is 1. The number of ether oxygens (including phenoxy) is 1. The lowest BCUT2D eigenvalue weighted by Crippen LogP contribution is -2.45. The molecule has 5 heteroatoms. The summed E-state index contributed by atoms with van der Waals surface area (Å²) in [7, 11) is 1.65. The van der Waals surface area contributed by atoms with Crippen molar-refractivity contribution in [2.24, 2.45) is 0 Å². The maximum absolute atomic E-state index is 13.0. The number of anilines is 1. The number of methoxy groups -OCH3 is 1. The van der Waals surface area contributed by atoms with E-state index in [1.165, 1.54) is 12.1 Å². The highest BCUT2D eigenvalue weighted by molar-refractivity contribution is 5.76. The first kappa shape index (κ1) is 18.2. The molecule has 1 heterocycles. The van der Waals surface area contributed by atoms with E-state index >= 15 is 0 Å². The first-order valence-corrected chi connectivity index (χ1v) is 9.07. The number of likely N-dealkylation sites (tertiary alicyclic amines) is 1. The van der Waals surface area contributed by atoms with Crippen molar-refractivity contribution in [3.05, 3.63) is 59.9 Å². The van der Waals surface area contributed by atoms with E-state index in [9.17, 15) is 9.18 Å². The van der Waals surface area contributed by atoms with E-state index < -0.39 is 0 Å². The molecule has 138 valence electrons. The summed E-state index contributed by atoms with van der Waals surface area (Å²) >= 11 is 0. The van der Waals surface area contributed by atoms with Crippen LogP contribution >= 0.6 is 0 Å². The summed E-state index contributed by atoms with van der Waals surface area (Å²) < 4.78 is 18.2. The van der Waals surface area contributed by atoms with Gasteiger partial charge < -0.3 is 15.0 Å². The molecule has 3 rings (SSSR count). The third kappa shape index (κ3) is 4.97. The fourth-order valence-corrected chi connectivity index (χ4v) is 3.34. The molecule has 1 fully saturated rings. The number of nitrogens with one attached hydrogen (secondary N) is 1. The number of hydrogen-bond donors (Lipinski definition) is 1. The van der Waals surface area contributed by atoms with Crippen LogP contribution in [0.3, 0.4) is 0 Å². The zero-order chi connectivity index (χ0) is 18.4. The molecule has 0 saturated carbocycles. The third-order valence-electron chi connectivity index (χ3n) is 4.75. The van der Waals surface area contributed by atoms with Gasteiger partial charge in [0, 0.05) is 31.2 Å². The van der Waals surface area contributed by atoms with E-state index in [0.717, 1.165) is 36.4 Å². The minimum Gasteiger partial charge on any atom is -0.497 e. The normalized spacial score (nSPS) is 17.0. The topological polar surface area (TPSA) is 41.6 Å². The van der Waals surface area contributed by atoms with Crippen molar-refractivity contribution in [1.82, 2.24) is 4.90 Å². The number of hydrogen-bond acceptors (Lipinski definition) is 3. The van der Waals surface area contributed by atoms with Gasteiger partial charge in [-0.2, -0.15) is 0 Å². The van der Waals surface area contributed by atoms with Crippen LogP contribution in [-0.2, 0) is 11.2 Å². The minimum absolute atomic E-state index is 0.179. The Kier molecular flexibility index (Phi) is 6.10. The van der Waals surface area contributed by atoms with Gasteiger partial charge in [0.15, 0.2) is 0 Å². The number of rotatable bonds is 6. The van der Waals surface area contributed by atoms with Crippen LogP contribution in [-0.4, -0.2) is 37.0 Å². The minimum atomic E-state index is -0.242. The number of carbonyl (C=O) groups is 1. The van der Waals surface area contributed by atoms with Crippen molar-refractivity contribution >= 4 is 11.6 Å². The summed E-state index contributed by atoms with van der Waals surface area (Å²) in [6, 6.07) is 14.4. The van der Waals surface area contributed by atoms with E-state index in [0.29, 0.717) is 19.4 Å². The second-order valence-corrected chi connectivity index (χ2v) is 6.68. The lowest BCUT2D eigenvalue weighted by Gasteiger charge is -2.34. The van der Waals surface area contributed by atoms with Crippen LogP contribution in [0.1, 0.15) is 24.8 Å². The van der Waals surface area contributed by atoms with Gasteiger partial charge in [-0.15, -0.1) is 0 Å². The van der Waals surface area contributed by atoms with Crippen LogP contribution in [0.4, 0.5) is 10.1 Å². The number of carbonyl (C=O) groups excluding carboxylic acids is 1. The SMILES string of the molecule is COc1cccc(CCC(=O)N2CCC[C@@H](Nc3ccc(F)cc3)C2)c1. The molecular weight excluding hydrogens is 331 g/mol. The Morgan fingerprint density at radius 1 is 1.27 bits per heavy atom. The standard InChI is InChI=1S/C21H25FN2O2/c1-26-20-6-2-4-16(14-20)7-12-21(25)24-13-3-5-19(15-24)23-18-10-8-17(22)9-11-18/h2,4,6,8-11,14,19,23H,3,5,7,12-13,15H2,1H3/t19-/m1/s1. The molecule has 1 aliphatic heterocycles. The fourth-order valence-electron chi connectivity index (χ4n) is 3.34. The zero-order valence-corrected chi connectivity index (χ0v) is 15.1. The summed E-state index contributed by atoms with van der Waals surface area (Å²) in [5, 5.41) is 3.40. The zero-order valence-electron chi connectivity index (χ0n) is 15.1. The highest BCUT2D eigenvalue weighted by Crippen LogP contribution is 2.19. The first-order chi connectivity index (χ1) is 12.6. The van der Waals surface area contributed by atoms with Gasteiger partial charge in [-0.1, -0.05) is 12.1 Å². The van der Waals surface area contributed by atoms with Gasteiger partial charge in [0.25, 0.3) is 0 Å². The number of benzene rings is 2. The number of amides is 1. The fraction of sp³-hybridized carbons (Fsp3) is 0.381. The predicted molar refractivity (Wildman–Crippen MR) is 101 cm³/mol. The number of nitrogens with zero attached hydrogens (tertiary/aromatic N) is 1. The highest BCUT2D eigenvalue weighted by Gasteiger charge is 2.23. The monoisotopic (exact) mass is 356 g/mol. The second kappa shape index (κ2) is 8.70.